The molecule has 2 rings (SSSR count). The average molecular weight is 270 g/mol. The highest BCUT2D eigenvalue weighted by molar-refractivity contribution is 7.98. The topological polar surface area (TPSA) is 61.6 Å². The minimum atomic E-state index is 0.318. The van der Waals surface area contributed by atoms with Crippen molar-refractivity contribution in [2.24, 2.45) is 0 Å². The summed E-state index contributed by atoms with van der Waals surface area (Å²) in [6.45, 7) is 2.15. The molecule has 5 heteroatoms. The van der Waals surface area contributed by atoms with Gasteiger partial charge >= 0.3 is 0 Å². The van der Waals surface area contributed by atoms with Crippen LogP contribution in [0, 0.1) is 11.3 Å². The number of benzene rings is 1. The summed E-state index contributed by atoms with van der Waals surface area (Å²) in [7, 11) is 0. The van der Waals surface area contributed by atoms with E-state index >= 15 is 0 Å². The molecule has 96 valence electrons. The van der Waals surface area contributed by atoms with Gasteiger partial charge in [0.15, 0.2) is 5.69 Å². The Morgan fingerprint density at radius 1 is 1.32 bits per heavy atom. The summed E-state index contributed by atoms with van der Waals surface area (Å²) in [6, 6.07) is 10.2. The fourth-order valence-corrected chi connectivity index (χ4v) is 2.18. The normalized spacial score (nSPS) is 9.89. The molecule has 1 aromatic carbocycles. The van der Waals surface area contributed by atoms with Crippen LogP contribution in [0.2, 0.25) is 0 Å². The standard InChI is InChI=1S/C14H14N4S/c1-2-19-10-11-4-3-5-12(6-11)18-14-9-16-13(7-15)8-17-14/h3-6,8-9H,2,10H2,1H3,(H,17,18). The van der Waals surface area contributed by atoms with Gasteiger partial charge in [-0.2, -0.15) is 17.0 Å². The van der Waals surface area contributed by atoms with Crippen LogP contribution in [0.1, 0.15) is 18.2 Å². The molecule has 0 spiro atoms. The molecule has 0 bridgehead atoms. The van der Waals surface area contributed by atoms with Crippen LogP contribution < -0.4 is 5.32 Å². The van der Waals surface area contributed by atoms with Gasteiger partial charge in [0.25, 0.3) is 0 Å². The van der Waals surface area contributed by atoms with Gasteiger partial charge in [0.2, 0.25) is 0 Å². The Balaban J connectivity index is 2.07. The molecule has 2 aromatic rings. The van der Waals surface area contributed by atoms with Crippen molar-refractivity contribution in [1.82, 2.24) is 9.97 Å². The van der Waals surface area contributed by atoms with Crippen LogP contribution in [0.25, 0.3) is 0 Å². The number of hydrogen-bond donors (Lipinski definition) is 1. The molecule has 1 aromatic heterocycles. The van der Waals surface area contributed by atoms with E-state index in [-0.39, 0.29) is 0 Å². The third-order valence-electron chi connectivity index (χ3n) is 2.44. The van der Waals surface area contributed by atoms with Crippen LogP contribution in [0.5, 0.6) is 0 Å². The number of nitriles is 1. The van der Waals surface area contributed by atoms with E-state index in [0.29, 0.717) is 11.5 Å². The maximum Gasteiger partial charge on any atom is 0.158 e. The summed E-state index contributed by atoms with van der Waals surface area (Å²) in [5.41, 5.74) is 2.57. The first-order valence-electron chi connectivity index (χ1n) is 5.97. The number of rotatable bonds is 5. The third kappa shape index (κ3) is 3.97. The van der Waals surface area contributed by atoms with Crippen molar-refractivity contribution < 1.29 is 0 Å². The maximum absolute atomic E-state index is 8.66. The molecule has 0 atom stereocenters. The van der Waals surface area contributed by atoms with Gasteiger partial charge in [-0.1, -0.05) is 19.1 Å². The molecule has 0 aliphatic heterocycles. The molecule has 0 saturated heterocycles. The highest BCUT2D eigenvalue weighted by atomic mass is 32.2. The minimum Gasteiger partial charge on any atom is -0.339 e. The molecule has 1 heterocycles. The van der Waals surface area contributed by atoms with Gasteiger partial charge in [0, 0.05) is 11.4 Å². The van der Waals surface area contributed by atoms with Crippen molar-refractivity contribution >= 4 is 23.3 Å². The van der Waals surface area contributed by atoms with E-state index < -0.39 is 0 Å². The van der Waals surface area contributed by atoms with Gasteiger partial charge in [0.05, 0.1) is 12.4 Å². The fourth-order valence-electron chi connectivity index (χ4n) is 1.56. The SMILES string of the molecule is CCSCc1cccc(Nc2cnc(C#N)cn2)c1. The highest BCUT2D eigenvalue weighted by Crippen LogP contribution is 2.18. The van der Waals surface area contributed by atoms with Gasteiger partial charge in [-0.05, 0) is 23.4 Å². The highest BCUT2D eigenvalue weighted by Gasteiger charge is 1.99. The summed E-state index contributed by atoms with van der Waals surface area (Å²) in [4.78, 5) is 8.11. The van der Waals surface area contributed by atoms with E-state index in [9.17, 15) is 0 Å². The Morgan fingerprint density at radius 3 is 2.89 bits per heavy atom. The molecule has 4 nitrogen and oxygen atoms in total. The molecule has 1 N–H and O–H groups in total. The number of thioether (sulfide) groups is 1. The first-order chi connectivity index (χ1) is 9.31. The first-order valence-corrected chi connectivity index (χ1v) is 7.13. The fraction of sp³-hybridized carbons (Fsp3) is 0.214. The molecule has 0 aliphatic carbocycles. The Bertz CT molecular complexity index is 575. The number of anilines is 2. The second kappa shape index (κ2) is 6.76. The second-order valence-corrected chi connectivity index (χ2v) is 5.14. The van der Waals surface area contributed by atoms with Gasteiger partial charge in [-0.3, -0.25) is 0 Å². The zero-order valence-corrected chi connectivity index (χ0v) is 11.4. The zero-order chi connectivity index (χ0) is 13.5. The molecule has 0 aliphatic rings. The van der Waals surface area contributed by atoms with Gasteiger partial charge in [-0.25, -0.2) is 9.97 Å². The molecule has 0 saturated carbocycles. The predicted octanol–water partition coefficient (Wildman–Crippen LogP) is 3.34. The molecule has 0 amide bonds. The minimum absolute atomic E-state index is 0.318. The number of hydrogen-bond acceptors (Lipinski definition) is 5. The van der Waals surface area contributed by atoms with Crippen molar-refractivity contribution in [3.05, 3.63) is 47.9 Å². The lowest BCUT2D eigenvalue weighted by molar-refractivity contribution is 1.16. The molecule has 0 radical (unpaired) electrons. The van der Waals surface area contributed by atoms with Crippen molar-refractivity contribution in [3.8, 4) is 6.07 Å². The van der Waals surface area contributed by atoms with Crippen LogP contribution in [0.3, 0.4) is 0 Å². The van der Waals surface area contributed by atoms with Crippen molar-refractivity contribution in [2.45, 2.75) is 12.7 Å². The van der Waals surface area contributed by atoms with Crippen LogP contribution in [0.15, 0.2) is 36.7 Å². The summed E-state index contributed by atoms with van der Waals surface area (Å²) in [5, 5.41) is 11.8. The van der Waals surface area contributed by atoms with Crippen molar-refractivity contribution in [3.63, 3.8) is 0 Å². The van der Waals surface area contributed by atoms with Gasteiger partial charge in [0.1, 0.15) is 11.9 Å². The van der Waals surface area contributed by atoms with E-state index in [2.05, 4.69) is 34.3 Å². The zero-order valence-electron chi connectivity index (χ0n) is 10.6. The quantitative estimate of drug-likeness (QED) is 0.902. The lowest BCUT2D eigenvalue weighted by atomic mass is 10.2. The summed E-state index contributed by atoms with van der Waals surface area (Å²) in [5.74, 6) is 2.75. The molecule has 0 unspecified atom stereocenters. The van der Waals surface area contributed by atoms with Crippen LogP contribution in [-0.2, 0) is 5.75 Å². The Kier molecular flexibility index (Phi) is 4.76. The number of aromatic nitrogens is 2. The monoisotopic (exact) mass is 270 g/mol. The van der Waals surface area contributed by atoms with E-state index in [0.717, 1.165) is 17.2 Å². The van der Waals surface area contributed by atoms with Gasteiger partial charge in [-0.15, -0.1) is 0 Å². The Morgan fingerprint density at radius 2 is 2.21 bits per heavy atom. The van der Waals surface area contributed by atoms with E-state index in [4.69, 9.17) is 5.26 Å². The van der Waals surface area contributed by atoms with Gasteiger partial charge < -0.3 is 5.32 Å². The molecular formula is C14H14N4S. The first kappa shape index (κ1) is 13.4. The van der Waals surface area contributed by atoms with Crippen LogP contribution >= 0.6 is 11.8 Å². The molecule has 0 fully saturated rings. The summed E-state index contributed by atoms with van der Waals surface area (Å²) >= 11 is 1.89. The van der Waals surface area contributed by atoms with E-state index in [1.165, 1.54) is 11.8 Å². The molecular weight excluding hydrogens is 256 g/mol. The third-order valence-corrected chi connectivity index (χ3v) is 3.38. The largest absolute Gasteiger partial charge is 0.339 e. The van der Waals surface area contributed by atoms with Crippen molar-refractivity contribution in [1.29, 1.82) is 5.26 Å². The van der Waals surface area contributed by atoms with E-state index in [1.807, 2.05) is 30.0 Å². The average Bonchev–Trinajstić information content (AvgIpc) is 2.46. The lowest BCUT2D eigenvalue weighted by Gasteiger charge is -2.07. The maximum atomic E-state index is 8.66. The Hall–Kier alpha value is -2.06. The second-order valence-electron chi connectivity index (χ2n) is 3.86. The number of nitrogens with one attached hydrogen (secondary N) is 1. The summed E-state index contributed by atoms with van der Waals surface area (Å²) < 4.78 is 0. The van der Waals surface area contributed by atoms with Crippen molar-refractivity contribution in [2.75, 3.05) is 11.1 Å². The predicted molar refractivity (Wildman–Crippen MR) is 78.3 cm³/mol. The smallest absolute Gasteiger partial charge is 0.158 e. The summed E-state index contributed by atoms with van der Waals surface area (Å²) in [6.07, 6.45) is 3.02. The Labute approximate surface area is 116 Å². The number of nitrogens with zero attached hydrogens (tertiary/aromatic N) is 3. The van der Waals surface area contributed by atoms with Crippen LogP contribution in [0.4, 0.5) is 11.5 Å². The van der Waals surface area contributed by atoms with E-state index in [1.54, 1.807) is 6.20 Å². The van der Waals surface area contributed by atoms with Crippen LogP contribution in [-0.4, -0.2) is 15.7 Å². The lowest BCUT2D eigenvalue weighted by Crippen LogP contribution is -1.96. The molecule has 19 heavy (non-hydrogen) atoms.